The van der Waals surface area contributed by atoms with Crippen molar-refractivity contribution in [3.63, 3.8) is 0 Å². The molecule has 3 aromatic rings. The predicted octanol–water partition coefficient (Wildman–Crippen LogP) is 0.559. The lowest BCUT2D eigenvalue weighted by molar-refractivity contribution is -0.0588. The van der Waals surface area contributed by atoms with E-state index >= 15 is 0 Å². The van der Waals surface area contributed by atoms with Gasteiger partial charge in [-0.1, -0.05) is 0 Å². The number of furan rings is 1. The predicted molar refractivity (Wildman–Crippen MR) is 94.7 cm³/mol. The normalized spacial score (nSPS) is 33.4. The van der Waals surface area contributed by atoms with Gasteiger partial charge >= 0.3 is 6.72 Å². The van der Waals surface area contributed by atoms with Gasteiger partial charge in [-0.2, -0.15) is 0 Å². The van der Waals surface area contributed by atoms with E-state index < -0.39 is 31.3 Å². The molecule has 0 aliphatic carbocycles. The van der Waals surface area contributed by atoms with Gasteiger partial charge in [0.2, 0.25) is 0 Å². The Bertz CT molecular complexity index is 1060. The highest BCUT2D eigenvalue weighted by atomic mass is 32.5. The summed E-state index contributed by atoms with van der Waals surface area (Å²) in [5, 5.41) is 10.8. The first-order valence-electron chi connectivity index (χ1n) is 7.96. The second-order valence-corrected chi connectivity index (χ2v) is 8.89. The van der Waals surface area contributed by atoms with Crippen molar-refractivity contribution in [2.24, 2.45) is 0 Å². The molecule has 13 heteroatoms. The zero-order chi connectivity index (χ0) is 18.8. The van der Waals surface area contributed by atoms with Gasteiger partial charge in [-0.3, -0.25) is 9.09 Å². The van der Waals surface area contributed by atoms with Crippen molar-refractivity contribution in [1.29, 1.82) is 0 Å². The SMILES string of the molecule is Nc1ncnc2c1nc(-c1ccco1)n2[C@@H]1O[C@@H]2COP(O)(=S)O[C@H]2[C@H]1O. The molecule has 27 heavy (non-hydrogen) atoms. The van der Waals surface area contributed by atoms with Crippen LogP contribution < -0.4 is 5.73 Å². The Labute approximate surface area is 157 Å². The molecule has 0 aromatic carbocycles. The average molecular weight is 411 g/mol. The van der Waals surface area contributed by atoms with Crippen molar-refractivity contribution in [2.45, 2.75) is 24.5 Å². The molecule has 3 aromatic heterocycles. The molecule has 0 radical (unpaired) electrons. The minimum absolute atomic E-state index is 0.00580. The molecule has 11 nitrogen and oxygen atoms in total. The Hall–Kier alpha value is -1.92. The number of rotatable bonds is 2. The van der Waals surface area contributed by atoms with Gasteiger partial charge in [-0.25, -0.2) is 15.0 Å². The molecule has 0 amide bonds. The number of aliphatic hydroxyl groups excluding tert-OH is 1. The third-order valence-electron chi connectivity index (χ3n) is 4.47. The van der Waals surface area contributed by atoms with Gasteiger partial charge in [-0.15, -0.1) is 0 Å². The molecular formula is C14H14N5O6PS. The lowest BCUT2D eigenvalue weighted by atomic mass is 10.1. The Balaban J connectivity index is 1.66. The van der Waals surface area contributed by atoms with Crippen LogP contribution in [-0.2, 0) is 25.6 Å². The summed E-state index contributed by atoms with van der Waals surface area (Å²) < 4.78 is 23.5. The van der Waals surface area contributed by atoms with Gasteiger partial charge in [0.1, 0.15) is 24.6 Å². The summed E-state index contributed by atoms with van der Waals surface area (Å²) in [5.41, 5.74) is 6.64. The number of anilines is 1. The summed E-state index contributed by atoms with van der Waals surface area (Å²) >= 11 is 4.88. The van der Waals surface area contributed by atoms with E-state index in [-0.39, 0.29) is 12.4 Å². The molecule has 4 N–H and O–H groups in total. The fraction of sp³-hybridized carbons (Fsp3) is 0.357. The first-order valence-corrected chi connectivity index (χ1v) is 10.6. The second kappa shape index (κ2) is 6.04. The number of nitrogens with zero attached hydrogens (tertiary/aromatic N) is 4. The van der Waals surface area contributed by atoms with Crippen LogP contribution in [0.2, 0.25) is 0 Å². The summed E-state index contributed by atoms with van der Waals surface area (Å²) in [7, 11) is 0. The molecule has 2 aliphatic rings. The van der Waals surface area contributed by atoms with Crippen LogP contribution >= 0.6 is 6.72 Å². The fourth-order valence-corrected chi connectivity index (χ4v) is 4.74. The number of nitrogen functional groups attached to an aromatic ring is 1. The Morgan fingerprint density at radius 2 is 2.22 bits per heavy atom. The van der Waals surface area contributed by atoms with Crippen molar-refractivity contribution in [1.82, 2.24) is 19.5 Å². The zero-order valence-electron chi connectivity index (χ0n) is 13.6. The van der Waals surface area contributed by atoms with Gasteiger partial charge < -0.3 is 29.4 Å². The molecule has 5 heterocycles. The average Bonchev–Trinajstić information content (AvgIpc) is 3.33. The lowest BCUT2D eigenvalue weighted by Crippen LogP contribution is -2.39. The minimum atomic E-state index is -3.41. The summed E-state index contributed by atoms with van der Waals surface area (Å²) in [6.07, 6.45) is -0.760. The van der Waals surface area contributed by atoms with Gasteiger partial charge in [-0.05, 0) is 23.9 Å². The van der Waals surface area contributed by atoms with Crippen LogP contribution in [0.15, 0.2) is 29.1 Å². The monoisotopic (exact) mass is 411 g/mol. The summed E-state index contributed by atoms with van der Waals surface area (Å²) in [6, 6.07) is 3.42. The number of aromatic nitrogens is 4. The molecular weight excluding hydrogens is 397 g/mol. The second-order valence-electron chi connectivity index (χ2n) is 6.10. The van der Waals surface area contributed by atoms with Crippen LogP contribution in [0.3, 0.4) is 0 Å². The van der Waals surface area contributed by atoms with Crippen LogP contribution in [0.1, 0.15) is 6.23 Å². The quantitative estimate of drug-likeness (QED) is 0.507. The van der Waals surface area contributed by atoms with Gasteiger partial charge in [0, 0.05) is 0 Å². The molecule has 5 rings (SSSR count). The number of nitrogens with two attached hydrogens (primary N) is 1. The summed E-state index contributed by atoms with van der Waals surface area (Å²) in [6.45, 7) is -3.40. The fourth-order valence-electron chi connectivity index (χ4n) is 3.30. The van der Waals surface area contributed by atoms with E-state index in [1.807, 2.05) is 0 Å². The largest absolute Gasteiger partial charge is 0.461 e. The number of fused-ring (bicyclic) bond motifs is 2. The molecule has 1 unspecified atom stereocenters. The van der Waals surface area contributed by atoms with Crippen molar-refractivity contribution in [3.8, 4) is 11.6 Å². The van der Waals surface area contributed by atoms with Crippen molar-refractivity contribution in [2.75, 3.05) is 12.3 Å². The standard InChI is InChI=1S/C14H14N5O6PS/c15-11-8-13(17-5-16-11)19(12(18-8)6-2-1-3-22-6)14-9(20)10-7(24-14)4-23-26(21,27)25-10/h1-3,5,7,9-10,14,20H,4H2,(H,21,27)(H2,15,16,17)/t7-,9-,10-,14-,26?/m1/s1. The van der Waals surface area contributed by atoms with E-state index in [2.05, 4.69) is 15.0 Å². The van der Waals surface area contributed by atoms with Crippen LogP contribution in [0, 0.1) is 0 Å². The van der Waals surface area contributed by atoms with Crippen LogP contribution in [0.4, 0.5) is 5.82 Å². The summed E-state index contributed by atoms with van der Waals surface area (Å²) in [5.74, 6) is 0.971. The van der Waals surface area contributed by atoms with Crippen LogP contribution in [0.5, 0.6) is 0 Å². The van der Waals surface area contributed by atoms with Gasteiger partial charge in [0.05, 0.1) is 12.9 Å². The van der Waals surface area contributed by atoms with Crippen LogP contribution in [0.25, 0.3) is 22.7 Å². The van der Waals surface area contributed by atoms with E-state index in [1.165, 1.54) is 12.6 Å². The minimum Gasteiger partial charge on any atom is -0.461 e. The highest BCUT2D eigenvalue weighted by Gasteiger charge is 2.52. The first-order chi connectivity index (χ1) is 12.9. The number of hydrogen-bond acceptors (Lipinski definition) is 10. The first kappa shape index (κ1) is 17.2. The topological polar surface area (TPSA) is 151 Å². The molecule has 2 saturated heterocycles. The van der Waals surface area contributed by atoms with E-state index in [0.29, 0.717) is 22.7 Å². The molecule has 5 atom stereocenters. The number of aliphatic hydroxyl groups is 1. The maximum absolute atomic E-state index is 10.8. The summed E-state index contributed by atoms with van der Waals surface area (Å²) in [4.78, 5) is 22.6. The molecule has 2 aliphatic heterocycles. The third-order valence-corrected chi connectivity index (χ3v) is 6.03. The van der Waals surface area contributed by atoms with E-state index in [4.69, 9.17) is 35.7 Å². The Kier molecular flexibility index (Phi) is 3.85. The highest BCUT2D eigenvalue weighted by Crippen LogP contribution is 2.53. The smallest absolute Gasteiger partial charge is 0.325 e. The molecule has 0 saturated carbocycles. The van der Waals surface area contributed by atoms with Gasteiger partial charge in [0.25, 0.3) is 0 Å². The Morgan fingerprint density at radius 1 is 1.37 bits per heavy atom. The van der Waals surface area contributed by atoms with Crippen molar-refractivity contribution >= 4 is 35.5 Å². The van der Waals surface area contributed by atoms with E-state index in [9.17, 15) is 10.00 Å². The van der Waals surface area contributed by atoms with E-state index in [1.54, 1.807) is 16.7 Å². The third kappa shape index (κ3) is 2.69. The molecule has 142 valence electrons. The molecule has 0 bridgehead atoms. The zero-order valence-corrected chi connectivity index (χ0v) is 15.3. The maximum atomic E-state index is 10.8. The van der Waals surface area contributed by atoms with Crippen LogP contribution in [-0.4, -0.2) is 54.4 Å². The number of hydrogen-bond donors (Lipinski definition) is 3. The number of imidazole rings is 1. The molecule has 2 fully saturated rings. The van der Waals surface area contributed by atoms with Gasteiger partial charge in [0.15, 0.2) is 34.8 Å². The molecule has 0 spiro atoms. The van der Waals surface area contributed by atoms with Crippen molar-refractivity contribution < 1.29 is 28.2 Å². The lowest BCUT2D eigenvalue weighted by Gasteiger charge is -2.30. The highest BCUT2D eigenvalue weighted by molar-refractivity contribution is 8.07. The van der Waals surface area contributed by atoms with Crippen molar-refractivity contribution in [3.05, 3.63) is 24.7 Å². The Morgan fingerprint density at radius 3 is 3.00 bits per heavy atom. The number of ether oxygens (including phenoxy) is 1. The maximum Gasteiger partial charge on any atom is 0.325 e. The van der Waals surface area contributed by atoms with E-state index in [0.717, 1.165) is 0 Å².